The Morgan fingerprint density at radius 1 is 1.19 bits per heavy atom. The number of nitrogens with zero attached hydrogens (tertiary/aromatic N) is 3. The SMILES string of the molecule is Cc1cc(F)ccc1Nc1nc(C)c(C)c(N2CCc3ccsc3C2C)n1. The highest BCUT2D eigenvalue weighted by Crippen LogP contribution is 2.37. The largest absolute Gasteiger partial charge is 0.348 e. The van der Waals surface area contributed by atoms with Crippen molar-refractivity contribution in [2.45, 2.75) is 40.2 Å². The van der Waals surface area contributed by atoms with Gasteiger partial charge in [-0.3, -0.25) is 0 Å². The average Bonchev–Trinajstić information content (AvgIpc) is 3.11. The number of halogens is 1. The Morgan fingerprint density at radius 3 is 2.78 bits per heavy atom. The van der Waals surface area contributed by atoms with E-state index in [4.69, 9.17) is 4.98 Å². The summed E-state index contributed by atoms with van der Waals surface area (Å²) in [5, 5.41) is 5.44. The molecule has 1 unspecified atom stereocenters. The van der Waals surface area contributed by atoms with Crippen LogP contribution < -0.4 is 10.2 Å². The van der Waals surface area contributed by atoms with Crippen LogP contribution in [-0.2, 0) is 6.42 Å². The summed E-state index contributed by atoms with van der Waals surface area (Å²) in [4.78, 5) is 13.2. The molecule has 6 heteroatoms. The van der Waals surface area contributed by atoms with Gasteiger partial charge in [-0.05, 0) is 74.9 Å². The van der Waals surface area contributed by atoms with Gasteiger partial charge in [0.15, 0.2) is 0 Å². The van der Waals surface area contributed by atoms with Gasteiger partial charge < -0.3 is 10.2 Å². The second kappa shape index (κ2) is 6.93. The zero-order valence-electron chi connectivity index (χ0n) is 16.0. The molecule has 27 heavy (non-hydrogen) atoms. The normalized spacial score (nSPS) is 16.3. The molecule has 0 saturated carbocycles. The second-order valence-electron chi connectivity index (χ2n) is 7.09. The summed E-state index contributed by atoms with van der Waals surface area (Å²) in [5.74, 6) is 1.27. The van der Waals surface area contributed by atoms with Crippen LogP contribution in [0, 0.1) is 26.6 Å². The number of hydrogen-bond donors (Lipinski definition) is 1. The lowest BCUT2D eigenvalue weighted by molar-refractivity contribution is 0.626. The monoisotopic (exact) mass is 382 g/mol. The van der Waals surface area contributed by atoms with Crippen LogP contribution in [0.2, 0.25) is 0 Å². The molecule has 1 aliphatic heterocycles. The summed E-state index contributed by atoms with van der Waals surface area (Å²) in [6.45, 7) is 9.14. The minimum absolute atomic E-state index is 0.242. The van der Waals surface area contributed by atoms with Gasteiger partial charge in [-0.25, -0.2) is 9.37 Å². The molecule has 4 nitrogen and oxygen atoms in total. The van der Waals surface area contributed by atoms with Crippen molar-refractivity contribution in [2.24, 2.45) is 0 Å². The Hall–Kier alpha value is -2.47. The molecule has 0 spiro atoms. The Balaban J connectivity index is 1.70. The van der Waals surface area contributed by atoms with Crippen molar-refractivity contribution in [3.8, 4) is 0 Å². The highest BCUT2D eigenvalue weighted by atomic mass is 32.1. The average molecular weight is 383 g/mol. The highest BCUT2D eigenvalue weighted by molar-refractivity contribution is 7.10. The molecule has 0 bridgehead atoms. The molecule has 0 fully saturated rings. The summed E-state index contributed by atoms with van der Waals surface area (Å²) < 4.78 is 13.4. The molecular formula is C21H23FN4S. The molecular weight excluding hydrogens is 359 g/mol. The fourth-order valence-electron chi connectivity index (χ4n) is 3.62. The van der Waals surface area contributed by atoms with Gasteiger partial charge in [-0.1, -0.05) is 0 Å². The first kappa shape index (κ1) is 17.9. The lowest BCUT2D eigenvalue weighted by Crippen LogP contribution is -2.34. The topological polar surface area (TPSA) is 41.1 Å². The molecule has 0 aliphatic carbocycles. The summed E-state index contributed by atoms with van der Waals surface area (Å²) in [6.07, 6.45) is 1.03. The minimum Gasteiger partial charge on any atom is -0.348 e. The van der Waals surface area contributed by atoms with Crippen LogP contribution >= 0.6 is 11.3 Å². The first-order chi connectivity index (χ1) is 12.9. The fraction of sp³-hybridized carbons (Fsp3) is 0.333. The molecule has 3 heterocycles. The molecule has 0 radical (unpaired) electrons. The van der Waals surface area contributed by atoms with Crippen molar-refractivity contribution >= 4 is 28.8 Å². The first-order valence-corrected chi connectivity index (χ1v) is 10.0. The van der Waals surface area contributed by atoms with Gasteiger partial charge in [-0.2, -0.15) is 4.98 Å². The van der Waals surface area contributed by atoms with Gasteiger partial charge in [0.05, 0.1) is 6.04 Å². The quantitative estimate of drug-likeness (QED) is 0.652. The molecule has 140 valence electrons. The van der Waals surface area contributed by atoms with Crippen LogP contribution in [0.4, 0.5) is 21.8 Å². The Kier molecular flexibility index (Phi) is 4.60. The Labute approximate surface area is 163 Å². The smallest absolute Gasteiger partial charge is 0.229 e. The van der Waals surface area contributed by atoms with Crippen molar-refractivity contribution in [3.05, 3.63) is 62.7 Å². The summed E-state index contributed by atoms with van der Waals surface area (Å²) in [6, 6.07) is 7.21. The van der Waals surface area contributed by atoms with E-state index in [1.807, 2.05) is 25.2 Å². The minimum atomic E-state index is -0.242. The lowest BCUT2D eigenvalue weighted by atomic mass is 10.0. The van der Waals surface area contributed by atoms with E-state index in [0.29, 0.717) is 12.0 Å². The van der Waals surface area contributed by atoms with Crippen molar-refractivity contribution < 1.29 is 4.39 Å². The molecule has 1 aliphatic rings. The van der Waals surface area contributed by atoms with E-state index >= 15 is 0 Å². The Morgan fingerprint density at radius 2 is 2.00 bits per heavy atom. The molecule has 1 N–H and O–H groups in total. The number of fused-ring (bicyclic) bond motifs is 1. The maximum Gasteiger partial charge on any atom is 0.229 e. The van der Waals surface area contributed by atoms with Gasteiger partial charge in [-0.15, -0.1) is 11.3 Å². The third-order valence-corrected chi connectivity index (χ3v) is 6.45. The van der Waals surface area contributed by atoms with Gasteiger partial charge in [0.25, 0.3) is 0 Å². The maximum atomic E-state index is 13.4. The van der Waals surface area contributed by atoms with E-state index in [1.54, 1.807) is 6.07 Å². The number of nitrogens with one attached hydrogen (secondary N) is 1. The number of rotatable bonds is 3. The number of hydrogen-bond acceptors (Lipinski definition) is 5. The highest BCUT2D eigenvalue weighted by Gasteiger charge is 2.28. The van der Waals surface area contributed by atoms with Crippen LogP contribution in [0.5, 0.6) is 0 Å². The van der Waals surface area contributed by atoms with Crippen LogP contribution in [0.1, 0.15) is 40.2 Å². The molecule has 0 amide bonds. The molecule has 3 aromatic rings. The fourth-order valence-corrected chi connectivity index (χ4v) is 4.65. The van der Waals surface area contributed by atoms with Gasteiger partial charge in [0, 0.05) is 28.4 Å². The summed E-state index contributed by atoms with van der Waals surface area (Å²) in [7, 11) is 0. The van der Waals surface area contributed by atoms with Crippen molar-refractivity contribution in [1.82, 2.24) is 9.97 Å². The number of anilines is 3. The molecule has 4 rings (SSSR count). The van der Waals surface area contributed by atoms with E-state index in [1.165, 1.54) is 22.6 Å². The van der Waals surface area contributed by atoms with Crippen molar-refractivity contribution in [3.63, 3.8) is 0 Å². The van der Waals surface area contributed by atoms with Crippen LogP contribution in [0.25, 0.3) is 0 Å². The van der Waals surface area contributed by atoms with Crippen LogP contribution in [-0.4, -0.2) is 16.5 Å². The van der Waals surface area contributed by atoms with Crippen molar-refractivity contribution in [2.75, 3.05) is 16.8 Å². The predicted molar refractivity (Wildman–Crippen MR) is 110 cm³/mol. The number of thiophene rings is 1. The van der Waals surface area contributed by atoms with E-state index < -0.39 is 0 Å². The van der Waals surface area contributed by atoms with E-state index in [2.05, 4.69) is 40.5 Å². The standard InChI is InChI=1S/C21H23FN4S/c1-12-11-17(22)5-6-18(12)24-21-23-14(3)13(2)20(25-21)26-9-7-16-8-10-27-19(16)15(26)4/h5-6,8,10-11,15H,7,9H2,1-4H3,(H,23,24,25). The summed E-state index contributed by atoms with van der Waals surface area (Å²) in [5.41, 5.74) is 5.15. The van der Waals surface area contributed by atoms with Crippen LogP contribution in [0.3, 0.4) is 0 Å². The number of aromatic nitrogens is 2. The zero-order valence-corrected chi connectivity index (χ0v) is 16.8. The van der Waals surface area contributed by atoms with Crippen LogP contribution in [0.15, 0.2) is 29.6 Å². The van der Waals surface area contributed by atoms with Gasteiger partial charge >= 0.3 is 0 Å². The predicted octanol–water partition coefficient (Wildman–Crippen LogP) is 5.47. The Bertz CT molecular complexity index is 998. The first-order valence-electron chi connectivity index (χ1n) is 9.15. The van der Waals surface area contributed by atoms with E-state index in [-0.39, 0.29) is 5.82 Å². The maximum absolute atomic E-state index is 13.4. The second-order valence-corrected chi connectivity index (χ2v) is 8.04. The molecule has 1 atom stereocenters. The third-order valence-electron chi connectivity index (χ3n) is 5.32. The zero-order chi connectivity index (χ0) is 19.1. The lowest BCUT2D eigenvalue weighted by Gasteiger charge is -2.35. The molecule has 1 aromatic carbocycles. The van der Waals surface area contributed by atoms with Gasteiger partial charge in [0.2, 0.25) is 5.95 Å². The summed E-state index contributed by atoms with van der Waals surface area (Å²) >= 11 is 1.82. The number of aryl methyl sites for hydroxylation is 2. The van der Waals surface area contributed by atoms with Gasteiger partial charge in [0.1, 0.15) is 11.6 Å². The number of benzene rings is 1. The molecule has 0 saturated heterocycles. The van der Waals surface area contributed by atoms with Crippen molar-refractivity contribution in [1.29, 1.82) is 0 Å². The van der Waals surface area contributed by atoms with E-state index in [0.717, 1.165) is 41.3 Å². The molecule has 2 aromatic heterocycles. The third kappa shape index (κ3) is 3.30. The van der Waals surface area contributed by atoms with E-state index in [9.17, 15) is 4.39 Å².